The van der Waals surface area contributed by atoms with Gasteiger partial charge in [0.05, 0.1) is 0 Å². The maximum atomic E-state index is 13.3. The van der Waals surface area contributed by atoms with Crippen molar-refractivity contribution in [1.82, 2.24) is 10.6 Å². The normalized spacial score (nSPS) is 30.3. The van der Waals surface area contributed by atoms with Crippen molar-refractivity contribution in [3.05, 3.63) is 29.8 Å². The van der Waals surface area contributed by atoms with E-state index in [1.807, 2.05) is 26.0 Å². The van der Waals surface area contributed by atoms with Crippen LogP contribution < -0.4 is 10.6 Å². The fraction of sp³-hybridized carbons (Fsp3) is 0.680. The smallest absolute Gasteiger partial charge is 0.242 e. The van der Waals surface area contributed by atoms with Gasteiger partial charge < -0.3 is 15.7 Å². The zero-order chi connectivity index (χ0) is 21.3. The molecular weight excluding hydrogens is 376 g/mol. The molecule has 4 fully saturated rings. The van der Waals surface area contributed by atoms with Crippen LogP contribution in [0.4, 0.5) is 0 Å². The molecule has 4 saturated carbocycles. The van der Waals surface area contributed by atoms with Gasteiger partial charge in [0.2, 0.25) is 11.8 Å². The topological polar surface area (TPSA) is 78.4 Å². The highest BCUT2D eigenvalue weighted by atomic mass is 16.3. The molecule has 0 aliphatic heterocycles. The van der Waals surface area contributed by atoms with E-state index >= 15 is 0 Å². The van der Waals surface area contributed by atoms with Crippen molar-refractivity contribution in [3.8, 4) is 5.75 Å². The van der Waals surface area contributed by atoms with Crippen LogP contribution in [-0.2, 0) is 16.0 Å². The number of hydrogen-bond donors (Lipinski definition) is 3. The Morgan fingerprint density at radius 3 is 2.13 bits per heavy atom. The number of carbonyl (C=O) groups is 2. The van der Waals surface area contributed by atoms with Crippen molar-refractivity contribution in [2.24, 2.45) is 29.1 Å². The van der Waals surface area contributed by atoms with Gasteiger partial charge in [0.1, 0.15) is 11.8 Å². The lowest BCUT2D eigenvalue weighted by Gasteiger charge is -2.55. The van der Waals surface area contributed by atoms with Crippen LogP contribution in [-0.4, -0.2) is 29.5 Å². The summed E-state index contributed by atoms with van der Waals surface area (Å²) >= 11 is 0. The lowest BCUT2D eigenvalue weighted by Crippen LogP contribution is -2.58. The molecule has 5 nitrogen and oxygen atoms in total. The molecule has 164 valence electrons. The summed E-state index contributed by atoms with van der Waals surface area (Å²) in [4.78, 5) is 26.2. The van der Waals surface area contributed by atoms with Crippen molar-refractivity contribution < 1.29 is 14.7 Å². The highest BCUT2D eigenvalue weighted by Crippen LogP contribution is 2.60. The van der Waals surface area contributed by atoms with Gasteiger partial charge in [-0.3, -0.25) is 9.59 Å². The maximum Gasteiger partial charge on any atom is 0.242 e. The Kier molecular flexibility index (Phi) is 6.08. The largest absolute Gasteiger partial charge is 0.508 e. The molecule has 1 aromatic carbocycles. The van der Waals surface area contributed by atoms with Crippen molar-refractivity contribution in [1.29, 1.82) is 0 Å². The van der Waals surface area contributed by atoms with Gasteiger partial charge in [-0.15, -0.1) is 0 Å². The van der Waals surface area contributed by atoms with Gasteiger partial charge in [-0.25, -0.2) is 0 Å². The predicted octanol–water partition coefficient (Wildman–Crippen LogP) is 3.80. The minimum absolute atomic E-state index is 0.0555. The first-order valence-electron chi connectivity index (χ1n) is 11.7. The molecule has 5 heteroatoms. The molecule has 30 heavy (non-hydrogen) atoms. The van der Waals surface area contributed by atoms with E-state index in [9.17, 15) is 14.7 Å². The minimum atomic E-state index is -0.473. The average molecular weight is 413 g/mol. The molecule has 0 saturated heterocycles. The van der Waals surface area contributed by atoms with Crippen LogP contribution in [0, 0.1) is 29.1 Å². The van der Waals surface area contributed by atoms with Crippen LogP contribution >= 0.6 is 0 Å². The molecule has 0 spiro atoms. The SMILES string of the molecule is CC(C)C(NC(=O)C12CC3CC(CC(C3)C1)C2)C(=O)NCCCc1ccc(O)cc1. The second kappa shape index (κ2) is 8.60. The molecule has 1 aromatic rings. The Bertz CT molecular complexity index is 736. The van der Waals surface area contributed by atoms with Gasteiger partial charge in [-0.05, 0) is 92.7 Å². The summed E-state index contributed by atoms with van der Waals surface area (Å²) in [6, 6.07) is 6.70. The molecule has 0 heterocycles. The van der Waals surface area contributed by atoms with Crippen molar-refractivity contribution in [2.75, 3.05) is 6.54 Å². The van der Waals surface area contributed by atoms with Gasteiger partial charge in [0.25, 0.3) is 0 Å². The monoisotopic (exact) mass is 412 g/mol. The number of nitrogens with one attached hydrogen (secondary N) is 2. The number of amides is 2. The van der Waals surface area contributed by atoms with Gasteiger partial charge >= 0.3 is 0 Å². The zero-order valence-electron chi connectivity index (χ0n) is 18.3. The van der Waals surface area contributed by atoms with Crippen molar-refractivity contribution in [2.45, 2.75) is 71.3 Å². The number of hydrogen-bond acceptors (Lipinski definition) is 3. The summed E-state index contributed by atoms with van der Waals surface area (Å²) in [5, 5.41) is 15.5. The minimum Gasteiger partial charge on any atom is -0.508 e. The third kappa shape index (κ3) is 4.50. The number of phenols is 1. The fourth-order valence-corrected chi connectivity index (χ4v) is 6.49. The van der Waals surface area contributed by atoms with E-state index in [0.29, 0.717) is 24.3 Å². The van der Waals surface area contributed by atoms with E-state index in [0.717, 1.165) is 37.7 Å². The van der Waals surface area contributed by atoms with Crippen LogP contribution in [0.5, 0.6) is 5.75 Å². The average Bonchev–Trinajstić information content (AvgIpc) is 2.69. The number of aryl methyl sites for hydroxylation is 1. The van der Waals surface area contributed by atoms with Gasteiger partial charge in [0.15, 0.2) is 0 Å². The standard InChI is InChI=1S/C25H36N2O3/c1-16(2)22(23(29)26-9-3-4-17-5-7-21(28)8-6-17)27-24(30)25-13-18-10-19(14-25)12-20(11-18)15-25/h5-8,16,18-20,22,28H,3-4,9-15H2,1-2H3,(H,26,29)(H,27,30). The quantitative estimate of drug-likeness (QED) is 0.568. The van der Waals surface area contributed by atoms with Gasteiger partial charge in [0, 0.05) is 12.0 Å². The summed E-state index contributed by atoms with van der Waals surface area (Å²) in [7, 11) is 0. The first-order chi connectivity index (χ1) is 14.3. The van der Waals surface area contributed by atoms with E-state index in [-0.39, 0.29) is 28.9 Å². The lowest BCUT2D eigenvalue weighted by atomic mass is 9.49. The summed E-state index contributed by atoms with van der Waals surface area (Å²) < 4.78 is 0. The molecule has 4 bridgehead atoms. The Hall–Kier alpha value is -2.04. The van der Waals surface area contributed by atoms with Crippen LogP contribution in [0.1, 0.15) is 64.4 Å². The number of carbonyl (C=O) groups excluding carboxylic acids is 2. The molecule has 2 amide bonds. The maximum absolute atomic E-state index is 13.3. The van der Waals surface area contributed by atoms with Crippen molar-refractivity contribution >= 4 is 11.8 Å². The summed E-state index contributed by atoms with van der Waals surface area (Å²) in [5.74, 6) is 2.52. The highest BCUT2D eigenvalue weighted by Gasteiger charge is 2.55. The number of benzene rings is 1. The lowest BCUT2D eigenvalue weighted by molar-refractivity contribution is -0.149. The first kappa shape index (κ1) is 21.2. The van der Waals surface area contributed by atoms with E-state index in [1.54, 1.807) is 12.1 Å². The third-order valence-corrected chi connectivity index (χ3v) is 7.63. The highest BCUT2D eigenvalue weighted by molar-refractivity contribution is 5.90. The predicted molar refractivity (Wildman–Crippen MR) is 117 cm³/mol. The Morgan fingerprint density at radius 2 is 1.60 bits per heavy atom. The van der Waals surface area contributed by atoms with Gasteiger partial charge in [-0.2, -0.15) is 0 Å². The zero-order valence-corrected chi connectivity index (χ0v) is 18.3. The van der Waals surface area contributed by atoms with E-state index in [1.165, 1.54) is 19.3 Å². The molecule has 3 N–H and O–H groups in total. The molecule has 4 aliphatic carbocycles. The molecular formula is C25H36N2O3. The van der Waals surface area contributed by atoms with Crippen LogP contribution in [0.15, 0.2) is 24.3 Å². The fourth-order valence-electron chi connectivity index (χ4n) is 6.49. The van der Waals surface area contributed by atoms with Crippen LogP contribution in [0.3, 0.4) is 0 Å². The van der Waals surface area contributed by atoms with E-state index in [4.69, 9.17) is 0 Å². The Balaban J connectivity index is 1.29. The van der Waals surface area contributed by atoms with Crippen LogP contribution in [0.2, 0.25) is 0 Å². The second-order valence-corrected chi connectivity index (χ2v) is 10.5. The van der Waals surface area contributed by atoms with E-state index in [2.05, 4.69) is 10.6 Å². The summed E-state index contributed by atoms with van der Waals surface area (Å²) in [6.07, 6.45) is 8.64. The molecule has 4 aliphatic rings. The Morgan fingerprint density at radius 1 is 1.03 bits per heavy atom. The first-order valence-corrected chi connectivity index (χ1v) is 11.7. The van der Waals surface area contributed by atoms with Crippen molar-refractivity contribution in [3.63, 3.8) is 0 Å². The van der Waals surface area contributed by atoms with Gasteiger partial charge in [-0.1, -0.05) is 26.0 Å². The third-order valence-electron chi connectivity index (χ3n) is 7.63. The Labute approximate surface area is 180 Å². The molecule has 1 unspecified atom stereocenters. The summed E-state index contributed by atoms with van der Waals surface area (Å²) in [6.45, 7) is 4.58. The summed E-state index contributed by atoms with van der Waals surface area (Å²) in [5.41, 5.74) is 0.915. The molecule has 5 rings (SSSR count). The number of aromatic hydroxyl groups is 1. The van der Waals surface area contributed by atoms with E-state index < -0.39 is 6.04 Å². The molecule has 1 atom stereocenters. The molecule has 0 radical (unpaired) electrons. The number of phenolic OH excluding ortho intramolecular Hbond substituents is 1. The molecule has 0 aromatic heterocycles. The second-order valence-electron chi connectivity index (χ2n) is 10.5. The van der Waals surface area contributed by atoms with Crippen LogP contribution in [0.25, 0.3) is 0 Å². The number of rotatable bonds is 8.